The quantitative estimate of drug-likeness (QED) is 0.779. The number of ether oxygens (including phenoxy) is 2. The van der Waals surface area contributed by atoms with Crippen molar-refractivity contribution in [2.75, 3.05) is 13.7 Å². The zero-order valence-corrected chi connectivity index (χ0v) is 12.8. The molecule has 0 aliphatic rings. The van der Waals surface area contributed by atoms with E-state index in [1.165, 1.54) is 5.56 Å². The van der Waals surface area contributed by atoms with Gasteiger partial charge in [-0.15, -0.1) is 0 Å². The van der Waals surface area contributed by atoms with Crippen molar-refractivity contribution in [3.63, 3.8) is 0 Å². The fourth-order valence-electron chi connectivity index (χ4n) is 2.30. The molecule has 1 aromatic carbocycles. The lowest BCUT2D eigenvalue weighted by molar-refractivity contribution is 0.0324. The fourth-order valence-corrected chi connectivity index (χ4v) is 2.30. The first-order valence-electron chi connectivity index (χ1n) is 7.18. The highest BCUT2D eigenvalue weighted by Gasteiger charge is 2.23. The second-order valence-electron chi connectivity index (χ2n) is 4.87. The summed E-state index contributed by atoms with van der Waals surface area (Å²) in [7, 11) is 1.97. The van der Waals surface area contributed by atoms with Crippen LogP contribution < -0.4 is 10.1 Å². The molecule has 2 unspecified atom stereocenters. The molecule has 3 heteroatoms. The summed E-state index contributed by atoms with van der Waals surface area (Å²) in [5.41, 5.74) is 1.17. The Morgan fingerprint density at radius 3 is 2.37 bits per heavy atom. The highest BCUT2D eigenvalue weighted by Crippen LogP contribution is 2.30. The third-order valence-electron chi connectivity index (χ3n) is 3.08. The topological polar surface area (TPSA) is 30.5 Å². The second kappa shape index (κ2) is 8.18. The normalized spacial score (nSPS) is 14.4. The minimum absolute atomic E-state index is 0.153. The summed E-state index contributed by atoms with van der Waals surface area (Å²) in [6.07, 6.45) is 1.30. The zero-order chi connectivity index (χ0) is 14.3. The molecule has 0 aliphatic heterocycles. The van der Waals surface area contributed by atoms with Crippen LogP contribution in [0.1, 0.15) is 45.7 Å². The third kappa shape index (κ3) is 4.51. The molecule has 1 rings (SSSR count). The van der Waals surface area contributed by atoms with E-state index in [4.69, 9.17) is 9.47 Å². The second-order valence-corrected chi connectivity index (χ2v) is 4.87. The maximum atomic E-state index is 5.91. The Kier molecular flexibility index (Phi) is 6.89. The molecule has 0 radical (unpaired) electrons. The lowest BCUT2D eigenvalue weighted by atomic mass is 9.98. The van der Waals surface area contributed by atoms with Crippen molar-refractivity contribution in [3.05, 3.63) is 29.8 Å². The smallest absolute Gasteiger partial charge is 0.124 e. The number of para-hydroxylation sites is 1. The van der Waals surface area contributed by atoms with Gasteiger partial charge in [0, 0.05) is 12.2 Å². The van der Waals surface area contributed by atoms with Gasteiger partial charge in [0.05, 0.1) is 18.2 Å². The minimum atomic E-state index is 0.153. The lowest BCUT2D eigenvalue weighted by Gasteiger charge is -2.28. The summed E-state index contributed by atoms with van der Waals surface area (Å²) in [6, 6.07) is 8.35. The van der Waals surface area contributed by atoms with Crippen molar-refractivity contribution < 1.29 is 9.47 Å². The van der Waals surface area contributed by atoms with Gasteiger partial charge in [-0.1, -0.05) is 25.1 Å². The van der Waals surface area contributed by atoms with Crippen LogP contribution in [-0.2, 0) is 4.74 Å². The third-order valence-corrected chi connectivity index (χ3v) is 3.08. The standard InChI is InChI=1S/C16H27NO2/c1-6-14(18-7-2)16(17-5)13-10-8-9-11-15(13)19-12(3)4/h8-12,14,16-17H,6-7H2,1-5H3. The van der Waals surface area contributed by atoms with Crippen molar-refractivity contribution in [1.29, 1.82) is 0 Å². The molecule has 0 aliphatic carbocycles. The first-order chi connectivity index (χ1) is 9.13. The molecule has 0 heterocycles. The van der Waals surface area contributed by atoms with Crippen molar-refractivity contribution in [1.82, 2.24) is 5.32 Å². The first-order valence-corrected chi connectivity index (χ1v) is 7.18. The molecule has 3 nitrogen and oxygen atoms in total. The van der Waals surface area contributed by atoms with E-state index in [0.29, 0.717) is 0 Å². The van der Waals surface area contributed by atoms with Crippen LogP contribution in [0.5, 0.6) is 5.75 Å². The van der Waals surface area contributed by atoms with Gasteiger partial charge in [-0.25, -0.2) is 0 Å². The van der Waals surface area contributed by atoms with Crippen molar-refractivity contribution >= 4 is 0 Å². The van der Waals surface area contributed by atoms with Crippen molar-refractivity contribution in [2.45, 2.75) is 52.4 Å². The fraction of sp³-hybridized carbons (Fsp3) is 0.625. The van der Waals surface area contributed by atoms with Gasteiger partial charge in [-0.05, 0) is 40.3 Å². The predicted molar refractivity (Wildman–Crippen MR) is 79.7 cm³/mol. The highest BCUT2D eigenvalue weighted by molar-refractivity contribution is 5.36. The van der Waals surface area contributed by atoms with Gasteiger partial charge in [0.2, 0.25) is 0 Å². The van der Waals surface area contributed by atoms with E-state index in [1.807, 2.05) is 46.0 Å². The molecule has 19 heavy (non-hydrogen) atoms. The van der Waals surface area contributed by atoms with Gasteiger partial charge < -0.3 is 14.8 Å². The van der Waals surface area contributed by atoms with E-state index in [2.05, 4.69) is 18.3 Å². The van der Waals surface area contributed by atoms with Crippen molar-refractivity contribution in [3.8, 4) is 5.75 Å². The SMILES string of the molecule is CCOC(CC)C(NC)c1ccccc1OC(C)C. The Morgan fingerprint density at radius 2 is 1.84 bits per heavy atom. The molecule has 0 spiro atoms. The Hall–Kier alpha value is -1.06. The molecular weight excluding hydrogens is 238 g/mol. The van der Waals surface area contributed by atoms with E-state index < -0.39 is 0 Å². The van der Waals surface area contributed by atoms with Crippen LogP contribution in [-0.4, -0.2) is 25.9 Å². The number of hydrogen-bond donors (Lipinski definition) is 1. The number of rotatable bonds is 8. The summed E-state index contributed by atoms with van der Waals surface area (Å²) in [4.78, 5) is 0. The average molecular weight is 265 g/mol. The molecule has 0 amide bonds. The number of benzene rings is 1. The van der Waals surface area contributed by atoms with E-state index in [0.717, 1.165) is 18.8 Å². The maximum Gasteiger partial charge on any atom is 0.124 e. The van der Waals surface area contributed by atoms with Crippen LogP contribution >= 0.6 is 0 Å². The van der Waals surface area contributed by atoms with Crippen LogP contribution in [0.3, 0.4) is 0 Å². The van der Waals surface area contributed by atoms with Crippen LogP contribution in [0.4, 0.5) is 0 Å². The molecule has 0 fully saturated rings. The maximum absolute atomic E-state index is 5.91. The zero-order valence-electron chi connectivity index (χ0n) is 12.8. The van der Waals surface area contributed by atoms with E-state index in [1.54, 1.807) is 0 Å². The molecule has 0 aromatic heterocycles. The van der Waals surface area contributed by atoms with E-state index in [9.17, 15) is 0 Å². The predicted octanol–water partition coefficient (Wildman–Crippen LogP) is 3.55. The van der Waals surface area contributed by atoms with E-state index >= 15 is 0 Å². The lowest BCUT2D eigenvalue weighted by Crippen LogP contribution is -2.32. The van der Waals surface area contributed by atoms with Gasteiger partial charge in [0.25, 0.3) is 0 Å². The van der Waals surface area contributed by atoms with Crippen LogP contribution in [0.15, 0.2) is 24.3 Å². The minimum Gasteiger partial charge on any atom is -0.491 e. The molecule has 0 saturated carbocycles. The van der Waals surface area contributed by atoms with Gasteiger partial charge in [-0.3, -0.25) is 0 Å². The Bertz CT molecular complexity index is 366. The Balaban J connectivity index is 3.02. The average Bonchev–Trinajstić information content (AvgIpc) is 2.39. The monoisotopic (exact) mass is 265 g/mol. The summed E-state index contributed by atoms with van der Waals surface area (Å²) in [5.74, 6) is 0.940. The molecule has 1 N–H and O–H groups in total. The van der Waals surface area contributed by atoms with E-state index in [-0.39, 0.29) is 18.2 Å². The molecule has 2 atom stereocenters. The summed E-state index contributed by atoms with van der Waals surface area (Å²) in [5, 5.41) is 3.36. The molecular formula is C16H27NO2. The molecule has 1 aromatic rings. The molecule has 0 bridgehead atoms. The van der Waals surface area contributed by atoms with Crippen molar-refractivity contribution in [2.24, 2.45) is 0 Å². The summed E-state index contributed by atoms with van der Waals surface area (Å²) < 4.78 is 11.7. The molecule has 0 saturated heterocycles. The summed E-state index contributed by atoms with van der Waals surface area (Å²) in [6.45, 7) is 9.00. The van der Waals surface area contributed by atoms with Crippen LogP contribution in [0.25, 0.3) is 0 Å². The Labute approximate surface area is 117 Å². The van der Waals surface area contributed by atoms with Crippen LogP contribution in [0.2, 0.25) is 0 Å². The Morgan fingerprint density at radius 1 is 1.16 bits per heavy atom. The van der Waals surface area contributed by atoms with Gasteiger partial charge in [-0.2, -0.15) is 0 Å². The number of nitrogens with one attached hydrogen (secondary N) is 1. The number of hydrogen-bond acceptors (Lipinski definition) is 3. The highest BCUT2D eigenvalue weighted by atomic mass is 16.5. The number of likely N-dealkylation sites (N-methyl/N-ethyl adjacent to an activating group) is 1. The summed E-state index contributed by atoms with van der Waals surface area (Å²) >= 11 is 0. The first kappa shape index (κ1) is 16.0. The van der Waals surface area contributed by atoms with Gasteiger partial charge >= 0.3 is 0 Å². The molecule has 108 valence electrons. The van der Waals surface area contributed by atoms with Crippen LogP contribution in [0, 0.1) is 0 Å². The van der Waals surface area contributed by atoms with Gasteiger partial charge in [0.15, 0.2) is 0 Å². The largest absolute Gasteiger partial charge is 0.491 e. The van der Waals surface area contributed by atoms with Gasteiger partial charge in [0.1, 0.15) is 5.75 Å².